The summed E-state index contributed by atoms with van der Waals surface area (Å²) in [4.78, 5) is 0. The molecule has 0 amide bonds. The summed E-state index contributed by atoms with van der Waals surface area (Å²) >= 11 is 0. The van der Waals surface area contributed by atoms with Crippen LogP contribution in [0.1, 0.15) is 11.1 Å². The largest absolute Gasteiger partial charge is 0.497 e. The number of ether oxygens (including phenoxy) is 2. The lowest BCUT2D eigenvalue weighted by Gasteiger charge is -2.09. The smallest absolute Gasteiger partial charge is 0.320 e. The molecule has 0 aliphatic rings. The fourth-order valence-corrected chi connectivity index (χ4v) is 2.10. The predicted molar refractivity (Wildman–Crippen MR) is 88.5 cm³/mol. The Bertz CT molecular complexity index is 712. The van der Waals surface area contributed by atoms with Crippen molar-refractivity contribution < 1.29 is 23.3 Å². The average Bonchev–Trinajstić information content (AvgIpc) is 2.59. The highest BCUT2D eigenvalue weighted by atomic mass is 19.2. The lowest BCUT2D eigenvalue weighted by Crippen LogP contribution is -2.26. The van der Waals surface area contributed by atoms with Gasteiger partial charge in [0, 0.05) is 11.1 Å². The van der Waals surface area contributed by atoms with Crippen LogP contribution in [-0.4, -0.2) is 26.2 Å². The molecule has 0 bridgehead atoms. The normalized spacial score (nSPS) is 11.7. The fraction of sp³-hybridized carbons (Fsp3) is 0.176. The quantitative estimate of drug-likeness (QED) is 0.679. The minimum Gasteiger partial charge on any atom is -0.497 e. The van der Waals surface area contributed by atoms with Crippen molar-refractivity contribution in [3.63, 3.8) is 0 Å². The molecule has 0 atom stereocenters. The lowest BCUT2D eigenvalue weighted by atomic mass is 9.64. The molecule has 2 aromatic carbocycles. The molecule has 2 rings (SSSR count). The van der Waals surface area contributed by atoms with Crippen LogP contribution >= 0.6 is 0 Å². The van der Waals surface area contributed by atoms with Gasteiger partial charge in [-0.05, 0) is 41.9 Å². The molecule has 3 nitrogen and oxygen atoms in total. The SMILES string of the molecule is COc1ccc(/C(F)=C(\F)c2cc(OC)cc(B(C)O)c2)cc1. The summed E-state index contributed by atoms with van der Waals surface area (Å²) in [5, 5.41) is 9.66. The van der Waals surface area contributed by atoms with Crippen molar-refractivity contribution in [2.24, 2.45) is 0 Å². The van der Waals surface area contributed by atoms with Gasteiger partial charge < -0.3 is 14.5 Å². The van der Waals surface area contributed by atoms with Crippen LogP contribution in [0.25, 0.3) is 11.7 Å². The fourth-order valence-electron chi connectivity index (χ4n) is 2.10. The topological polar surface area (TPSA) is 38.7 Å². The van der Waals surface area contributed by atoms with Crippen LogP contribution in [0, 0.1) is 0 Å². The zero-order chi connectivity index (χ0) is 17.0. The van der Waals surface area contributed by atoms with Gasteiger partial charge in [0.2, 0.25) is 0 Å². The van der Waals surface area contributed by atoms with E-state index in [-0.39, 0.29) is 11.1 Å². The Morgan fingerprint density at radius 2 is 1.43 bits per heavy atom. The standard InChI is InChI=1S/C17H17BF2O3/c1-18(21)13-8-12(9-15(10-13)23-3)17(20)16(19)11-4-6-14(22-2)7-5-11/h4-10,21H,1-3H3/b17-16+. The van der Waals surface area contributed by atoms with Gasteiger partial charge in [-0.2, -0.15) is 0 Å². The van der Waals surface area contributed by atoms with E-state index in [1.54, 1.807) is 25.0 Å². The minimum absolute atomic E-state index is 0.00793. The van der Waals surface area contributed by atoms with Crippen LogP contribution in [0.5, 0.6) is 11.5 Å². The van der Waals surface area contributed by atoms with Crippen molar-refractivity contribution in [1.82, 2.24) is 0 Å². The van der Waals surface area contributed by atoms with Gasteiger partial charge in [-0.15, -0.1) is 0 Å². The first kappa shape index (κ1) is 17.0. The van der Waals surface area contributed by atoms with Crippen LogP contribution in [0.2, 0.25) is 6.82 Å². The first-order chi connectivity index (χ1) is 11.0. The highest BCUT2D eigenvalue weighted by molar-refractivity contribution is 6.64. The van der Waals surface area contributed by atoms with Gasteiger partial charge in [-0.1, -0.05) is 12.9 Å². The van der Waals surface area contributed by atoms with E-state index in [1.807, 2.05) is 0 Å². The van der Waals surface area contributed by atoms with Crippen LogP contribution < -0.4 is 14.9 Å². The molecule has 0 radical (unpaired) electrons. The van der Waals surface area contributed by atoms with Crippen molar-refractivity contribution in [3.8, 4) is 11.5 Å². The third kappa shape index (κ3) is 3.90. The summed E-state index contributed by atoms with van der Waals surface area (Å²) in [6.45, 7) is 0.723. The second kappa shape index (κ2) is 7.29. The summed E-state index contributed by atoms with van der Waals surface area (Å²) in [5.74, 6) is -1.11. The van der Waals surface area contributed by atoms with E-state index in [1.165, 1.54) is 38.5 Å². The van der Waals surface area contributed by atoms with Gasteiger partial charge >= 0.3 is 6.92 Å². The van der Waals surface area contributed by atoms with Crippen LogP contribution in [0.15, 0.2) is 42.5 Å². The Morgan fingerprint density at radius 3 is 1.96 bits per heavy atom. The first-order valence-corrected chi connectivity index (χ1v) is 7.03. The molecule has 0 unspecified atom stereocenters. The first-order valence-electron chi connectivity index (χ1n) is 7.03. The predicted octanol–water partition coefficient (Wildman–Crippen LogP) is 3.29. The molecule has 0 aliphatic carbocycles. The molecule has 0 saturated heterocycles. The number of rotatable bonds is 5. The Balaban J connectivity index is 2.47. The Kier molecular flexibility index (Phi) is 5.39. The van der Waals surface area contributed by atoms with E-state index < -0.39 is 18.6 Å². The second-order valence-corrected chi connectivity index (χ2v) is 5.03. The van der Waals surface area contributed by atoms with Crippen LogP contribution in [0.4, 0.5) is 8.78 Å². The maximum Gasteiger partial charge on any atom is 0.320 e. The molecule has 23 heavy (non-hydrogen) atoms. The molecule has 0 aromatic heterocycles. The van der Waals surface area contributed by atoms with Gasteiger partial charge in [0.15, 0.2) is 11.7 Å². The highest BCUT2D eigenvalue weighted by Gasteiger charge is 2.16. The van der Waals surface area contributed by atoms with Gasteiger partial charge in [-0.3, -0.25) is 0 Å². The van der Waals surface area contributed by atoms with Gasteiger partial charge in [0.05, 0.1) is 14.2 Å². The molecule has 1 N–H and O–H groups in total. The Labute approximate surface area is 134 Å². The monoisotopic (exact) mass is 318 g/mol. The number of methoxy groups -OCH3 is 2. The van der Waals surface area contributed by atoms with Gasteiger partial charge in [0.1, 0.15) is 11.5 Å². The Hall–Kier alpha value is -2.34. The van der Waals surface area contributed by atoms with Gasteiger partial charge in [0.25, 0.3) is 0 Å². The third-order valence-electron chi connectivity index (χ3n) is 3.44. The summed E-state index contributed by atoms with van der Waals surface area (Å²) in [6, 6.07) is 10.3. The maximum atomic E-state index is 14.5. The molecule has 0 aliphatic heterocycles. The number of hydrogen-bond donors (Lipinski definition) is 1. The summed E-state index contributed by atoms with van der Waals surface area (Å²) in [7, 11) is 2.92. The number of hydrogen-bond acceptors (Lipinski definition) is 3. The zero-order valence-corrected chi connectivity index (χ0v) is 13.1. The van der Waals surface area contributed by atoms with E-state index >= 15 is 0 Å². The molecule has 0 heterocycles. The maximum absolute atomic E-state index is 14.5. The molecule has 0 fully saturated rings. The summed E-state index contributed by atoms with van der Waals surface area (Å²) in [6.07, 6.45) is 0. The molecular weight excluding hydrogens is 301 g/mol. The second-order valence-electron chi connectivity index (χ2n) is 5.03. The van der Waals surface area contributed by atoms with Crippen molar-refractivity contribution >= 4 is 24.0 Å². The van der Waals surface area contributed by atoms with Crippen molar-refractivity contribution in [2.75, 3.05) is 14.2 Å². The number of benzene rings is 2. The lowest BCUT2D eigenvalue weighted by molar-refractivity contribution is 0.414. The van der Waals surface area contributed by atoms with Crippen LogP contribution in [0.3, 0.4) is 0 Å². The molecule has 6 heteroatoms. The average molecular weight is 318 g/mol. The molecule has 0 saturated carbocycles. The zero-order valence-electron chi connectivity index (χ0n) is 13.1. The van der Waals surface area contributed by atoms with Crippen molar-refractivity contribution in [2.45, 2.75) is 6.82 Å². The molecule has 0 spiro atoms. The third-order valence-corrected chi connectivity index (χ3v) is 3.44. The summed E-state index contributed by atoms with van der Waals surface area (Å²) < 4.78 is 38.9. The van der Waals surface area contributed by atoms with Crippen molar-refractivity contribution in [1.29, 1.82) is 0 Å². The number of halogens is 2. The molecule has 120 valence electrons. The van der Waals surface area contributed by atoms with Gasteiger partial charge in [-0.25, -0.2) is 8.78 Å². The minimum atomic E-state index is -1.02. The van der Waals surface area contributed by atoms with E-state index in [2.05, 4.69) is 0 Å². The van der Waals surface area contributed by atoms with E-state index in [0.29, 0.717) is 17.0 Å². The van der Waals surface area contributed by atoms with E-state index in [4.69, 9.17) is 9.47 Å². The van der Waals surface area contributed by atoms with Crippen molar-refractivity contribution in [3.05, 3.63) is 53.6 Å². The Morgan fingerprint density at radius 1 is 0.870 bits per heavy atom. The molecule has 2 aromatic rings. The van der Waals surface area contributed by atoms with Crippen LogP contribution in [-0.2, 0) is 0 Å². The summed E-state index contributed by atoms with van der Waals surface area (Å²) in [5.41, 5.74) is 0.551. The molecular formula is C17H17BF2O3. The highest BCUT2D eigenvalue weighted by Crippen LogP contribution is 2.30. The van der Waals surface area contributed by atoms with E-state index in [9.17, 15) is 13.8 Å². The van der Waals surface area contributed by atoms with E-state index in [0.717, 1.165) is 0 Å².